The largest absolute Gasteiger partial charge is 0.464 e. The second-order valence-electron chi connectivity index (χ2n) is 4.08. The SMILES string of the molecule is CO/N=C(\C(=O)OC)c1ccccc1CON=C(C)C. The molecule has 0 aromatic heterocycles. The number of oxime groups is 2. The molecule has 0 saturated carbocycles. The second-order valence-corrected chi connectivity index (χ2v) is 4.08. The summed E-state index contributed by atoms with van der Waals surface area (Å²) in [4.78, 5) is 21.6. The van der Waals surface area contributed by atoms with Gasteiger partial charge in [-0.3, -0.25) is 0 Å². The van der Waals surface area contributed by atoms with Gasteiger partial charge < -0.3 is 14.4 Å². The van der Waals surface area contributed by atoms with Gasteiger partial charge in [0.05, 0.1) is 12.8 Å². The predicted molar refractivity (Wildman–Crippen MR) is 75.6 cm³/mol. The van der Waals surface area contributed by atoms with Crippen LogP contribution in [0.1, 0.15) is 25.0 Å². The monoisotopic (exact) mass is 278 g/mol. The first-order chi connectivity index (χ1) is 9.60. The maximum Gasteiger partial charge on any atom is 0.360 e. The van der Waals surface area contributed by atoms with E-state index in [-0.39, 0.29) is 12.3 Å². The summed E-state index contributed by atoms with van der Waals surface area (Å²) in [5, 5.41) is 7.58. The average Bonchev–Trinajstić information content (AvgIpc) is 2.44. The zero-order valence-electron chi connectivity index (χ0n) is 12.0. The maximum absolute atomic E-state index is 11.7. The van der Waals surface area contributed by atoms with Crippen molar-refractivity contribution in [3.05, 3.63) is 35.4 Å². The van der Waals surface area contributed by atoms with Gasteiger partial charge in [0.15, 0.2) is 5.71 Å². The fourth-order valence-electron chi connectivity index (χ4n) is 1.49. The minimum Gasteiger partial charge on any atom is -0.464 e. The molecule has 0 aliphatic carbocycles. The standard InChI is InChI=1S/C14H18N2O4/c1-10(2)15-20-9-11-7-5-6-8-12(11)13(16-19-4)14(17)18-3/h5-8H,9H2,1-4H3/b16-13-. The third kappa shape index (κ3) is 4.38. The van der Waals surface area contributed by atoms with Crippen LogP contribution in [0.4, 0.5) is 0 Å². The van der Waals surface area contributed by atoms with Gasteiger partial charge in [0.25, 0.3) is 0 Å². The van der Waals surface area contributed by atoms with Crippen LogP contribution in [0, 0.1) is 0 Å². The van der Waals surface area contributed by atoms with E-state index in [1.54, 1.807) is 12.1 Å². The number of hydrogen-bond donors (Lipinski definition) is 0. The van der Waals surface area contributed by atoms with Crippen molar-refractivity contribution in [1.29, 1.82) is 0 Å². The van der Waals surface area contributed by atoms with Crippen molar-refractivity contribution in [2.45, 2.75) is 20.5 Å². The average molecular weight is 278 g/mol. The first kappa shape index (κ1) is 15.7. The third-order valence-corrected chi connectivity index (χ3v) is 2.30. The molecule has 0 saturated heterocycles. The molecule has 0 heterocycles. The molecule has 0 spiro atoms. The zero-order valence-corrected chi connectivity index (χ0v) is 12.0. The summed E-state index contributed by atoms with van der Waals surface area (Å²) in [5.74, 6) is -0.575. The molecule has 6 nitrogen and oxygen atoms in total. The van der Waals surface area contributed by atoms with Crippen LogP contribution in [0.15, 0.2) is 34.6 Å². The molecule has 1 aromatic rings. The number of ether oxygens (including phenoxy) is 1. The molecule has 0 N–H and O–H groups in total. The van der Waals surface area contributed by atoms with E-state index >= 15 is 0 Å². The summed E-state index contributed by atoms with van der Waals surface area (Å²) in [6.07, 6.45) is 0. The van der Waals surface area contributed by atoms with E-state index in [1.807, 2.05) is 26.0 Å². The fourth-order valence-corrected chi connectivity index (χ4v) is 1.49. The molecule has 20 heavy (non-hydrogen) atoms. The van der Waals surface area contributed by atoms with Gasteiger partial charge in [-0.05, 0) is 13.8 Å². The molecular formula is C14H18N2O4. The molecule has 0 aliphatic rings. The summed E-state index contributed by atoms with van der Waals surface area (Å²) in [6, 6.07) is 7.20. The van der Waals surface area contributed by atoms with E-state index < -0.39 is 5.97 Å². The third-order valence-electron chi connectivity index (χ3n) is 2.30. The molecule has 0 fully saturated rings. The van der Waals surface area contributed by atoms with Crippen LogP contribution in [0.3, 0.4) is 0 Å². The Balaban J connectivity index is 3.07. The Kier molecular flexibility index (Phi) is 6.22. The highest BCUT2D eigenvalue weighted by atomic mass is 16.6. The molecule has 1 aromatic carbocycles. The van der Waals surface area contributed by atoms with Crippen molar-refractivity contribution in [3.8, 4) is 0 Å². The highest BCUT2D eigenvalue weighted by Gasteiger charge is 2.19. The summed E-state index contributed by atoms with van der Waals surface area (Å²) >= 11 is 0. The number of esters is 1. The quantitative estimate of drug-likeness (QED) is 0.454. The van der Waals surface area contributed by atoms with Gasteiger partial charge in [-0.25, -0.2) is 4.79 Å². The molecule has 0 atom stereocenters. The number of hydrogen-bond acceptors (Lipinski definition) is 6. The zero-order chi connectivity index (χ0) is 15.0. The number of benzene rings is 1. The van der Waals surface area contributed by atoms with Crippen molar-refractivity contribution < 1.29 is 19.2 Å². The van der Waals surface area contributed by atoms with Gasteiger partial charge >= 0.3 is 5.97 Å². The molecule has 108 valence electrons. The van der Waals surface area contributed by atoms with Crippen LogP contribution < -0.4 is 0 Å². The van der Waals surface area contributed by atoms with Crippen LogP contribution in [0.2, 0.25) is 0 Å². The van der Waals surface area contributed by atoms with Crippen molar-refractivity contribution in [2.75, 3.05) is 14.2 Å². The fraction of sp³-hybridized carbons (Fsp3) is 0.357. The molecule has 0 unspecified atom stereocenters. The Bertz CT molecular complexity index is 520. The number of carbonyl (C=O) groups is 1. The summed E-state index contributed by atoms with van der Waals surface area (Å²) in [6.45, 7) is 3.89. The lowest BCUT2D eigenvalue weighted by molar-refractivity contribution is -0.132. The van der Waals surface area contributed by atoms with Crippen LogP contribution in [0.25, 0.3) is 0 Å². The van der Waals surface area contributed by atoms with E-state index in [2.05, 4.69) is 10.3 Å². The molecule has 0 radical (unpaired) electrons. The Hall–Kier alpha value is -2.37. The lowest BCUT2D eigenvalue weighted by Crippen LogP contribution is -2.19. The lowest BCUT2D eigenvalue weighted by atomic mass is 10.0. The normalized spacial score (nSPS) is 10.7. The Morgan fingerprint density at radius 3 is 2.45 bits per heavy atom. The molecule has 6 heteroatoms. The van der Waals surface area contributed by atoms with Crippen LogP contribution >= 0.6 is 0 Å². The smallest absolute Gasteiger partial charge is 0.360 e. The minimum absolute atomic E-state index is 0.0893. The van der Waals surface area contributed by atoms with Crippen molar-refractivity contribution in [3.63, 3.8) is 0 Å². The lowest BCUT2D eigenvalue weighted by Gasteiger charge is -2.09. The first-order valence-corrected chi connectivity index (χ1v) is 6.01. The van der Waals surface area contributed by atoms with Crippen LogP contribution in [0.5, 0.6) is 0 Å². The Morgan fingerprint density at radius 2 is 1.85 bits per heavy atom. The molecule has 0 amide bonds. The summed E-state index contributed by atoms with van der Waals surface area (Å²) in [7, 11) is 2.66. The highest BCUT2D eigenvalue weighted by Crippen LogP contribution is 2.13. The van der Waals surface area contributed by atoms with E-state index in [9.17, 15) is 4.79 Å². The van der Waals surface area contributed by atoms with Gasteiger partial charge in [-0.1, -0.05) is 34.6 Å². The van der Waals surface area contributed by atoms with Crippen LogP contribution in [-0.2, 0) is 25.8 Å². The number of nitrogens with zero attached hydrogens (tertiary/aromatic N) is 2. The van der Waals surface area contributed by atoms with Gasteiger partial charge in [-0.2, -0.15) is 0 Å². The van der Waals surface area contributed by atoms with E-state index in [0.29, 0.717) is 5.56 Å². The van der Waals surface area contributed by atoms with Gasteiger partial charge in [0.1, 0.15) is 13.7 Å². The maximum atomic E-state index is 11.7. The van der Waals surface area contributed by atoms with Crippen molar-refractivity contribution in [2.24, 2.45) is 10.3 Å². The van der Waals surface area contributed by atoms with Gasteiger partial charge in [-0.15, -0.1) is 0 Å². The topological polar surface area (TPSA) is 69.5 Å². The van der Waals surface area contributed by atoms with E-state index in [4.69, 9.17) is 14.4 Å². The molecule has 1 rings (SSSR count). The van der Waals surface area contributed by atoms with E-state index in [1.165, 1.54) is 14.2 Å². The summed E-state index contributed by atoms with van der Waals surface area (Å²) < 4.78 is 4.70. The van der Waals surface area contributed by atoms with Gasteiger partial charge in [0, 0.05) is 11.1 Å². The number of carbonyl (C=O) groups excluding carboxylic acids is 1. The first-order valence-electron chi connectivity index (χ1n) is 6.01. The highest BCUT2D eigenvalue weighted by molar-refractivity contribution is 6.43. The molecular weight excluding hydrogens is 260 g/mol. The van der Waals surface area contributed by atoms with Crippen molar-refractivity contribution in [1.82, 2.24) is 0 Å². The second kappa shape index (κ2) is 7.93. The summed E-state index contributed by atoms with van der Waals surface area (Å²) in [5.41, 5.74) is 2.25. The Labute approximate surface area is 118 Å². The van der Waals surface area contributed by atoms with E-state index in [0.717, 1.165) is 11.3 Å². The molecule has 0 aliphatic heterocycles. The van der Waals surface area contributed by atoms with Crippen molar-refractivity contribution >= 4 is 17.4 Å². The Morgan fingerprint density at radius 1 is 1.15 bits per heavy atom. The van der Waals surface area contributed by atoms with Crippen LogP contribution in [-0.4, -0.2) is 31.6 Å². The molecule has 0 bridgehead atoms. The predicted octanol–water partition coefficient (Wildman–Crippen LogP) is 2.12. The minimum atomic E-state index is -0.575. The van der Waals surface area contributed by atoms with Gasteiger partial charge in [0.2, 0.25) is 0 Å². The number of methoxy groups -OCH3 is 1. The number of rotatable bonds is 6.